The van der Waals surface area contributed by atoms with Crippen molar-refractivity contribution in [2.24, 2.45) is 0 Å². The molecule has 2 rings (SSSR count). The molecule has 5 nitrogen and oxygen atoms in total. The standard InChI is InChI=1S/C19H22N2O3.ClH/c1-3-10-21(11-4-2)19(18(23)24-12-9-20)8-7-15-13-17(22)6-5-16(15)14-19;/h3-6,13,22H,1-2,7-8,10-12,14H2;1H. The number of hydrogen-bond acceptors (Lipinski definition) is 5. The van der Waals surface area contributed by atoms with Crippen molar-refractivity contribution in [3.05, 3.63) is 54.6 Å². The van der Waals surface area contributed by atoms with Gasteiger partial charge in [-0.1, -0.05) is 18.2 Å². The monoisotopic (exact) mass is 362 g/mol. The van der Waals surface area contributed by atoms with E-state index in [1.807, 2.05) is 17.0 Å². The topological polar surface area (TPSA) is 73.6 Å². The van der Waals surface area contributed by atoms with Gasteiger partial charge in [0.1, 0.15) is 17.4 Å². The van der Waals surface area contributed by atoms with Crippen LogP contribution in [-0.4, -0.2) is 41.2 Å². The number of fused-ring (bicyclic) bond motifs is 1. The molecule has 0 aromatic heterocycles. The van der Waals surface area contributed by atoms with Crippen molar-refractivity contribution in [2.45, 2.75) is 24.8 Å². The van der Waals surface area contributed by atoms with Gasteiger partial charge in [-0.15, -0.1) is 25.6 Å². The average Bonchev–Trinajstić information content (AvgIpc) is 2.59. The average molecular weight is 363 g/mol. The number of aromatic hydroxyl groups is 1. The number of ether oxygens (including phenoxy) is 1. The lowest BCUT2D eigenvalue weighted by molar-refractivity contribution is -0.157. The third-order valence-corrected chi connectivity index (χ3v) is 4.43. The minimum atomic E-state index is -0.858. The van der Waals surface area contributed by atoms with Crippen LogP contribution in [-0.2, 0) is 22.4 Å². The largest absolute Gasteiger partial charge is 0.508 e. The molecule has 0 heterocycles. The van der Waals surface area contributed by atoms with E-state index in [0.717, 1.165) is 11.1 Å². The molecule has 1 N–H and O–H groups in total. The molecule has 1 atom stereocenters. The van der Waals surface area contributed by atoms with Crippen molar-refractivity contribution in [3.63, 3.8) is 0 Å². The van der Waals surface area contributed by atoms with Crippen LogP contribution >= 0.6 is 12.4 Å². The van der Waals surface area contributed by atoms with Crippen molar-refractivity contribution in [2.75, 3.05) is 19.7 Å². The molecule has 1 unspecified atom stereocenters. The van der Waals surface area contributed by atoms with Crippen LogP contribution in [0.25, 0.3) is 0 Å². The summed E-state index contributed by atoms with van der Waals surface area (Å²) in [6.45, 7) is 8.31. The molecule has 0 spiro atoms. The molecule has 0 fully saturated rings. The van der Waals surface area contributed by atoms with Crippen LogP contribution in [0.1, 0.15) is 17.5 Å². The van der Waals surface area contributed by atoms with E-state index < -0.39 is 11.5 Å². The van der Waals surface area contributed by atoms with E-state index in [0.29, 0.717) is 32.4 Å². The lowest BCUT2D eigenvalue weighted by Crippen LogP contribution is -2.58. The van der Waals surface area contributed by atoms with E-state index in [9.17, 15) is 9.90 Å². The Labute approximate surface area is 154 Å². The number of halogens is 1. The third kappa shape index (κ3) is 4.41. The Morgan fingerprint density at radius 2 is 2.04 bits per heavy atom. The van der Waals surface area contributed by atoms with Gasteiger partial charge >= 0.3 is 5.97 Å². The number of benzene rings is 1. The summed E-state index contributed by atoms with van der Waals surface area (Å²) in [7, 11) is 0. The summed E-state index contributed by atoms with van der Waals surface area (Å²) in [5.41, 5.74) is 1.19. The maximum absolute atomic E-state index is 12.8. The molecule has 6 heteroatoms. The molecule has 134 valence electrons. The molecule has 1 aromatic carbocycles. The first-order valence-electron chi connectivity index (χ1n) is 7.89. The second-order valence-corrected chi connectivity index (χ2v) is 5.88. The zero-order chi connectivity index (χ0) is 17.6. The Morgan fingerprint density at radius 1 is 1.36 bits per heavy atom. The maximum Gasteiger partial charge on any atom is 0.327 e. The summed E-state index contributed by atoms with van der Waals surface area (Å²) in [4.78, 5) is 14.8. The summed E-state index contributed by atoms with van der Waals surface area (Å²) < 4.78 is 5.19. The first-order chi connectivity index (χ1) is 11.6. The van der Waals surface area contributed by atoms with E-state index in [-0.39, 0.29) is 24.8 Å². The van der Waals surface area contributed by atoms with E-state index in [4.69, 9.17) is 10.00 Å². The van der Waals surface area contributed by atoms with Crippen molar-refractivity contribution in [1.29, 1.82) is 5.26 Å². The highest BCUT2D eigenvalue weighted by Gasteiger charge is 2.46. The van der Waals surface area contributed by atoms with E-state index in [1.165, 1.54) is 0 Å². The van der Waals surface area contributed by atoms with Crippen LogP contribution in [0, 0.1) is 11.3 Å². The van der Waals surface area contributed by atoms with Crippen LogP contribution < -0.4 is 0 Å². The fourth-order valence-corrected chi connectivity index (χ4v) is 3.30. The summed E-state index contributed by atoms with van der Waals surface area (Å²) in [6, 6.07) is 7.06. The molecule has 0 saturated carbocycles. The van der Waals surface area contributed by atoms with Crippen molar-refractivity contribution < 1.29 is 14.6 Å². The number of phenolic OH excluding ortho intramolecular Hbond substituents is 1. The highest BCUT2D eigenvalue weighted by molar-refractivity contribution is 5.85. The molecular formula is C19H23ClN2O3. The second-order valence-electron chi connectivity index (χ2n) is 5.88. The zero-order valence-electron chi connectivity index (χ0n) is 14.1. The van der Waals surface area contributed by atoms with Gasteiger partial charge in [0.2, 0.25) is 0 Å². The van der Waals surface area contributed by atoms with Crippen molar-refractivity contribution in [3.8, 4) is 11.8 Å². The van der Waals surface area contributed by atoms with Crippen LogP contribution in [0.4, 0.5) is 0 Å². The molecule has 0 amide bonds. The van der Waals surface area contributed by atoms with Crippen molar-refractivity contribution >= 4 is 18.4 Å². The summed E-state index contributed by atoms with van der Waals surface area (Å²) in [6.07, 6.45) is 5.16. The second kappa shape index (κ2) is 9.26. The number of rotatable bonds is 7. The third-order valence-electron chi connectivity index (χ3n) is 4.43. The van der Waals surface area contributed by atoms with Gasteiger partial charge in [-0.2, -0.15) is 5.26 Å². The summed E-state index contributed by atoms with van der Waals surface area (Å²) in [5, 5.41) is 18.4. The van der Waals surface area contributed by atoms with Crippen LogP contribution in [0.2, 0.25) is 0 Å². The molecular weight excluding hydrogens is 340 g/mol. The van der Waals surface area contributed by atoms with Crippen LogP contribution in [0.15, 0.2) is 43.5 Å². The Kier molecular flexibility index (Phi) is 7.69. The molecule has 0 bridgehead atoms. The highest BCUT2D eigenvalue weighted by atomic mass is 35.5. The molecule has 0 radical (unpaired) electrons. The fourth-order valence-electron chi connectivity index (χ4n) is 3.30. The smallest absolute Gasteiger partial charge is 0.327 e. The Bertz CT molecular complexity index is 674. The normalized spacial score (nSPS) is 18.4. The highest BCUT2D eigenvalue weighted by Crippen LogP contribution is 2.36. The Hall–Kier alpha value is -2.29. The fraction of sp³-hybridized carbons (Fsp3) is 0.368. The summed E-state index contributed by atoms with van der Waals surface area (Å²) in [5.74, 6) is -0.172. The molecule has 1 aromatic rings. The number of esters is 1. The number of carbonyl (C=O) groups is 1. The molecule has 1 aliphatic carbocycles. The number of nitriles is 1. The van der Waals surface area contributed by atoms with Gasteiger partial charge in [-0.25, -0.2) is 4.79 Å². The van der Waals surface area contributed by atoms with Crippen molar-refractivity contribution in [1.82, 2.24) is 4.90 Å². The molecule has 0 aliphatic heterocycles. The van der Waals surface area contributed by atoms with E-state index in [1.54, 1.807) is 24.3 Å². The lowest BCUT2D eigenvalue weighted by atomic mass is 9.76. The van der Waals surface area contributed by atoms with Gasteiger partial charge in [0.05, 0.1) is 0 Å². The Balaban J connectivity index is 0.00000312. The molecule has 0 saturated heterocycles. The van der Waals surface area contributed by atoms with Gasteiger partial charge in [0.15, 0.2) is 6.61 Å². The lowest BCUT2D eigenvalue weighted by Gasteiger charge is -2.44. The minimum absolute atomic E-state index is 0. The number of hydrogen-bond donors (Lipinski definition) is 1. The SMILES string of the molecule is C=CCN(CC=C)C1(C(=O)OCC#N)CCc2cc(O)ccc2C1.Cl. The minimum Gasteiger partial charge on any atom is -0.508 e. The van der Waals surface area contributed by atoms with Gasteiger partial charge in [0, 0.05) is 19.5 Å². The Morgan fingerprint density at radius 3 is 2.64 bits per heavy atom. The summed E-state index contributed by atoms with van der Waals surface area (Å²) >= 11 is 0. The number of phenols is 1. The molecule has 1 aliphatic rings. The number of aryl methyl sites for hydroxylation is 1. The van der Waals surface area contributed by atoms with E-state index >= 15 is 0 Å². The van der Waals surface area contributed by atoms with Gasteiger partial charge in [-0.05, 0) is 36.1 Å². The van der Waals surface area contributed by atoms with Crippen LogP contribution in [0.3, 0.4) is 0 Å². The van der Waals surface area contributed by atoms with Gasteiger partial charge in [-0.3, -0.25) is 4.90 Å². The first kappa shape index (κ1) is 20.8. The predicted molar refractivity (Wildman–Crippen MR) is 98.6 cm³/mol. The predicted octanol–water partition coefficient (Wildman–Crippen LogP) is 2.78. The van der Waals surface area contributed by atoms with E-state index in [2.05, 4.69) is 13.2 Å². The quantitative estimate of drug-likeness (QED) is 0.596. The maximum atomic E-state index is 12.8. The van der Waals surface area contributed by atoms with Gasteiger partial charge in [0.25, 0.3) is 0 Å². The zero-order valence-corrected chi connectivity index (χ0v) is 14.9. The molecule has 25 heavy (non-hydrogen) atoms. The number of nitrogens with zero attached hydrogens (tertiary/aromatic N) is 2. The van der Waals surface area contributed by atoms with Crippen LogP contribution in [0.5, 0.6) is 5.75 Å². The van der Waals surface area contributed by atoms with Gasteiger partial charge < -0.3 is 9.84 Å². The number of carbonyl (C=O) groups excluding carboxylic acids is 1. The first-order valence-corrected chi connectivity index (χ1v) is 7.89.